The van der Waals surface area contributed by atoms with Gasteiger partial charge in [-0.05, 0) is 117 Å². The maximum absolute atomic E-state index is 13.3. The first-order valence-corrected chi connectivity index (χ1v) is 14.6. The molecular formula is C19H18F3I3O7S. The van der Waals surface area contributed by atoms with Crippen molar-refractivity contribution in [1.29, 1.82) is 0 Å². The predicted molar refractivity (Wildman–Crippen MR) is 135 cm³/mol. The molecule has 7 nitrogen and oxygen atoms in total. The van der Waals surface area contributed by atoms with Gasteiger partial charge in [-0.1, -0.05) is 0 Å². The van der Waals surface area contributed by atoms with Gasteiger partial charge in [0, 0.05) is 3.57 Å². The Balaban J connectivity index is 1.86. The van der Waals surface area contributed by atoms with Gasteiger partial charge in [-0.25, -0.2) is 0 Å². The predicted octanol–water partition coefficient (Wildman–Crippen LogP) is 4.82. The van der Waals surface area contributed by atoms with Gasteiger partial charge in [0.25, 0.3) is 10.1 Å². The van der Waals surface area contributed by atoms with Gasteiger partial charge in [-0.15, -0.1) is 0 Å². The average molecular weight is 828 g/mol. The summed E-state index contributed by atoms with van der Waals surface area (Å²) in [5, 5.41) is 0. The van der Waals surface area contributed by atoms with Crippen LogP contribution in [0, 0.1) is 34.4 Å². The molecule has 1 N–H and O–H groups in total. The van der Waals surface area contributed by atoms with Crippen LogP contribution in [-0.2, 0) is 24.4 Å². The van der Waals surface area contributed by atoms with E-state index in [2.05, 4.69) is 27.3 Å². The lowest BCUT2D eigenvalue weighted by atomic mass is 9.58. The molecule has 33 heavy (non-hydrogen) atoms. The van der Waals surface area contributed by atoms with E-state index in [-0.39, 0.29) is 11.8 Å². The zero-order chi connectivity index (χ0) is 24.7. The third-order valence-electron chi connectivity index (χ3n) is 5.91. The number of ether oxygens (including phenoxy) is 2. The molecule has 3 aliphatic rings. The Hall–Kier alpha value is 0.0500. The molecule has 0 saturated heterocycles. The summed E-state index contributed by atoms with van der Waals surface area (Å²) in [6.07, 6.45) is -5.90. The molecule has 3 saturated carbocycles. The Bertz CT molecular complexity index is 1020. The summed E-state index contributed by atoms with van der Waals surface area (Å²) in [5.74, 6) is -6.34. The molecule has 14 heteroatoms. The monoisotopic (exact) mass is 828 g/mol. The van der Waals surface area contributed by atoms with Crippen LogP contribution in [-0.4, -0.2) is 42.9 Å². The number of hydrogen-bond donors (Lipinski definition) is 1. The van der Waals surface area contributed by atoms with E-state index in [1.54, 1.807) is 12.1 Å². The molecule has 1 aromatic carbocycles. The van der Waals surface area contributed by atoms with Crippen LogP contribution in [0.25, 0.3) is 0 Å². The van der Waals surface area contributed by atoms with Gasteiger partial charge in [0.05, 0.1) is 19.0 Å². The highest BCUT2D eigenvalue weighted by molar-refractivity contribution is 14.1. The standard InChI is InChI=1S/C19H18F3I3O7S/c20-19(21,22)13(7-33(28,29)30)31-17(26)14-8-1-3-9(4-2-8)15(14)18(27)32-16-11(24)5-10(23)6-12(16)25/h5-6,8-9,13-15H,1-4,7H2,(H,28,29,30). The Morgan fingerprint density at radius 2 is 1.45 bits per heavy atom. The van der Waals surface area contributed by atoms with Crippen molar-refractivity contribution in [2.24, 2.45) is 23.7 Å². The summed E-state index contributed by atoms with van der Waals surface area (Å²) in [5.41, 5.74) is 0. The SMILES string of the molecule is O=C(Oc1c(I)cc(I)cc1I)C1C2CCC(CC2)C1C(=O)OC(CS(=O)(=O)O)C(F)(F)F. The molecule has 3 aliphatic carbocycles. The van der Waals surface area contributed by atoms with Gasteiger partial charge >= 0.3 is 18.1 Å². The first-order valence-electron chi connectivity index (χ1n) is 9.76. The summed E-state index contributed by atoms with van der Waals surface area (Å²) in [7, 11) is -5.07. The fraction of sp³-hybridized carbons (Fsp3) is 0.579. The van der Waals surface area contributed by atoms with Crippen molar-refractivity contribution in [2.45, 2.75) is 38.0 Å². The van der Waals surface area contributed by atoms with Gasteiger partial charge in [0.15, 0.2) is 5.75 Å². The number of carbonyl (C=O) groups is 2. The van der Waals surface area contributed by atoms with Gasteiger partial charge in [0.2, 0.25) is 6.10 Å². The van der Waals surface area contributed by atoms with Crippen LogP contribution in [0.4, 0.5) is 13.2 Å². The molecule has 2 bridgehead atoms. The molecule has 0 spiro atoms. The molecule has 0 aliphatic heterocycles. The fourth-order valence-corrected chi connectivity index (χ4v) is 8.97. The van der Waals surface area contributed by atoms with Crippen LogP contribution in [0.3, 0.4) is 0 Å². The zero-order valence-corrected chi connectivity index (χ0v) is 23.9. The number of rotatable bonds is 6. The van der Waals surface area contributed by atoms with E-state index in [0.29, 0.717) is 38.6 Å². The van der Waals surface area contributed by atoms with Crippen LogP contribution < -0.4 is 4.74 Å². The number of fused-ring (bicyclic) bond motifs is 3. The Labute approximate surface area is 229 Å². The van der Waals surface area contributed by atoms with Crippen LogP contribution in [0.5, 0.6) is 5.75 Å². The van der Waals surface area contributed by atoms with Crippen molar-refractivity contribution in [3.63, 3.8) is 0 Å². The molecule has 0 radical (unpaired) electrons. The number of alkyl halides is 3. The van der Waals surface area contributed by atoms with E-state index in [1.165, 1.54) is 0 Å². The lowest BCUT2D eigenvalue weighted by Crippen LogP contribution is -2.51. The maximum atomic E-state index is 13.3. The molecule has 3 atom stereocenters. The summed E-state index contributed by atoms with van der Waals surface area (Å²) < 4.78 is 83.2. The first-order chi connectivity index (χ1) is 15.2. The van der Waals surface area contributed by atoms with E-state index in [9.17, 15) is 31.2 Å². The Morgan fingerprint density at radius 1 is 1.00 bits per heavy atom. The van der Waals surface area contributed by atoms with Crippen molar-refractivity contribution in [3.05, 3.63) is 22.8 Å². The van der Waals surface area contributed by atoms with E-state index in [1.807, 2.05) is 45.2 Å². The summed E-state index contributed by atoms with van der Waals surface area (Å²) >= 11 is 6.14. The topological polar surface area (TPSA) is 107 Å². The van der Waals surface area contributed by atoms with Crippen molar-refractivity contribution >= 4 is 89.8 Å². The van der Waals surface area contributed by atoms with E-state index >= 15 is 0 Å². The molecule has 3 fully saturated rings. The quantitative estimate of drug-likeness (QED) is 0.190. The summed E-state index contributed by atoms with van der Waals surface area (Å²) in [6, 6.07) is 3.60. The molecule has 1 aromatic rings. The minimum atomic E-state index is -5.21. The molecule has 3 unspecified atom stereocenters. The summed E-state index contributed by atoms with van der Waals surface area (Å²) in [6.45, 7) is 0. The van der Waals surface area contributed by atoms with Crippen molar-refractivity contribution < 1.29 is 45.2 Å². The lowest BCUT2D eigenvalue weighted by molar-refractivity contribution is -0.222. The maximum Gasteiger partial charge on any atom is 0.426 e. The van der Waals surface area contributed by atoms with Crippen LogP contribution in [0.2, 0.25) is 0 Å². The van der Waals surface area contributed by atoms with Gasteiger partial charge in [-0.3, -0.25) is 14.1 Å². The molecule has 184 valence electrons. The fourth-order valence-electron chi connectivity index (χ4n) is 4.53. The van der Waals surface area contributed by atoms with E-state index in [0.717, 1.165) is 3.57 Å². The third kappa shape index (κ3) is 6.84. The highest BCUT2D eigenvalue weighted by Gasteiger charge is 2.54. The average Bonchev–Trinajstić information content (AvgIpc) is 2.68. The van der Waals surface area contributed by atoms with E-state index in [4.69, 9.17) is 9.29 Å². The van der Waals surface area contributed by atoms with Gasteiger partial charge < -0.3 is 9.47 Å². The number of hydrogen-bond acceptors (Lipinski definition) is 6. The molecule has 4 rings (SSSR count). The third-order valence-corrected chi connectivity index (χ3v) is 8.86. The van der Waals surface area contributed by atoms with Gasteiger partial charge in [0.1, 0.15) is 5.75 Å². The second-order valence-corrected chi connectivity index (χ2v) is 13.1. The lowest BCUT2D eigenvalue weighted by Gasteiger charge is -2.46. The highest BCUT2D eigenvalue weighted by Crippen LogP contribution is 2.50. The Kier molecular flexibility index (Phi) is 8.86. The minimum absolute atomic E-state index is 0.259. The largest absolute Gasteiger partial charge is 0.451 e. The second-order valence-electron chi connectivity index (χ2n) is 8.06. The number of carbonyl (C=O) groups excluding carboxylic acids is 2. The number of benzene rings is 1. The van der Waals surface area contributed by atoms with Crippen LogP contribution in [0.15, 0.2) is 12.1 Å². The number of esters is 2. The molecule has 0 aromatic heterocycles. The van der Waals surface area contributed by atoms with Crippen LogP contribution in [0.1, 0.15) is 25.7 Å². The molecular weight excluding hydrogens is 810 g/mol. The minimum Gasteiger partial charge on any atom is -0.451 e. The van der Waals surface area contributed by atoms with Crippen molar-refractivity contribution in [2.75, 3.05) is 5.75 Å². The summed E-state index contributed by atoms with van der Waals surface area (Å²) in [4.78, 5) is 26.0. The number of halogens is 6. The normalized spacial score (nSPS) is 26.0. The Morgan fingerprint density at radius 3 is 1.88 bits per heavy atom. The highest BCUT2D eigenvalue weighted by atomic mass is 127. The van der Waals surface area contributed by atoms with E-state index < -0.39 is 51.9 Å². The van der Waals surface area contributed by atoms with Crippen molar-refractivity contribution in [1.82, 2.24) is 0 Å². The zero-order valence-electron chi connectivity index (χ0n) is 16.6. The molecule has 0 heterocycles. The van der Waals surface area contributed by atoms with Crippen molar-refractivity contribution in [3.8, 4) is 5.75 Å². The molecule has 0 amide bonds. The smallest absolute Gasteiger partial charge is 0.426 e. The van der Waals surface area contributed by atoms with Gasteiger partial charge in [-0.2, -0.15) is 21.6 Å². The second kappa shape index (κ2) is 10.6. The van der Waals surface area contributed by atoms with Crippen LogP contribution >= 0.6 is 67.8 Å². The first kappa shape index (κ1) is 27.6.